The Kier molecular flexibility index (Phi) is 5.13. The smallest absolute Gasteiger partial charge is 0.231 e. The van der Waals surface area contributed by atoms with Gasteiger partial charge < -0.3 is 19.9 Å². The second-order valence-corrected chi connectivity index (χ2v) is 8.02. The van der Waals surface area contributed by atoms with Crippen LogP contribution in [0.1, 0.15) is 13.8 Å². The minimum absolute atomic E-state index is 0.181. The summed E-state index contributed by atoms with van der Waals surface area (Å²) in [6, 6.07) is 15.1. The largest absolute Gasteiger partial charge is 0.507 e. The third-order valence-corrected chi connectivity index (χ3v) is 4.95. The Balaban J connectivity index is 1.86. The third kappa shape index (κ3) is 3.78. The molecule has 0 bridgehead atoms. The van der Waals surface area contributed by atoms with Crippen LogP contribution in [0.5, 0.6) is 17.2 Å². The highest BCUT2D eigenvalue weighted by Gasteiger charge is 2.20. The molecule has 3 aromatic rings. The van der Waals surface area contributed by atoms with Crippen molar-refractivity contribution in [2.45, 2.75) is 13.8 Å². The van der Waals surface area contributed by atoms with Gasteiger partial charge in [0.1, 0.15) is 11.6 Å². The number of fused-ring (bicyclic) bond motifs is 1. The van der Waals surface area contributed by atoms with E-state index >= 15 is 0 Å². The first kappa shape index (κ1) is 18.6. The zero-order valence-electron chi connectivity index (χ0n) is 15.7. The van der Waals surface area contributed by atoms with Crippen LogP contribution in [-0.2, 0) is 0 Å². The molecule has 0 saturated heterocycles. The summed E-state index contributed by atoms with van der Waals surface area (Å²) in [5.41, 5.74) is 3.21. The standard InChI is InChI=1S/C22H21BrN2O3/c1-13(2)11-24-21-9-14(16-4-3-5-20-22(16)28-12-27-20)8-18(25-21)17-10-15(23)6-7-19(17)26/h3-10,13,26H,11-12H2,1-2H3,(H,24,25). The Morgan fingerprint density at radius 2 is 1.96 bits per heavy atom. The van der Waals surface area contributed by atoms with Crippen molar-refractivity contribution in [3.05, 3.63) is 53.0 Å². The molecule has 0 unspecified atom stereocenters. The number of rotatable bonds is 5. The van der Waals surface area contributed by atoms with Crippen molar-refractivity contribution < 1.29 is 14.6 Å². The van der Waals surface area contributed by atoms with Crippen LogP contribution < -0.4 is 14.8 Å². The van der Waals surface area contributed by atoms with Crippen molar-refractivity contribution in [3.8, 4) is 39.6 Å². The number of phenolic OH excluding ortho intramolecular Hbond substituents is 1. The van der Waals surface area contributed by atoms with Crippen LogP contribution in [0.2, 0.25) is 0 Å². The molecule has 0 saturated carbocycles. The van der Waals surface area contributed by atoms with Crippen molar-refractivity contribution in [3.63, 3.8) is 0 Å². The number of hydrogen-bond donors (Lipinski definition) is 2. The molecule has 5 nitrogen and oxygen atoms in total. The second-order valence-electron chi connectivity index (χ2n) is 7.10. The number of nitrogens with one attached hydrogen (secondary N) is 1. The van der Waals surface area contributed by atoms with Gasteiger partial charge in [-0.3, -0.25) is 0 Å². The van der Waals surface area contributed by atoms with E-state index in [4.69, 9.17) is 14.5 Å². The Morgan fingerprint density at radius 1 is 1.11 bits per heavy atom. The lowest BCUT2D eigenvalue weighted by Crippen LogP contribution is -2.09. The summed E-state index contributed by atoms with van der Waals surface area (Å²) < 4.78 is 12.1. The van der Waals surface area contributed by atoms with E-state index in [0.29, 0.717) is 17.2 Å². The van der Waals surface area contributed by atoms with Crippen LogP contribution >= 0.6 is 15.9 Å². The monoisotopic (exact) mass is 440 g/mol. The van der Waals surface area contributed by atoms with Crippen LogP contribution in [0.15, 0.2) is 53.0 Å². The summed E-state index contributed by atoms with van der Waals surface area (Å²) >= 11 is 3.47. The quantitative estimate of drug-likeness (QED) is 0.534. The predicted octanol–water partition coefficient (Wildman–Crippen LogP) is 5.68. The topological polar surface area (TPSA) is 63.6 Å². The van der Waals surface area contributed by atoms with Crippen molar-refractivity contribution in [1.82, 2.24) is 4.98 Å². The Hall–Kier alpha value is -2.73. The number of halogens is 1. The van der Waals surface area contributed by atoms with Crippen LogP contribution in [0.4, 0.5) is 5.82 Å². The van der Waals surface area contributed by atoms with E-state index in [2.05, 4.69) is 35.1 Å². The fourth-order valence-electron chi connectivity index (χ4n) is 3.09. The van der Waals surface area contributed by atoms with Gasteiger partial charge in [-0.15, -0.1) is 0 Å². The first-order valence-electron chi connectivity index (χ1n) is 9.15. The molecule has 1 aliphatic rings. The highest BCUT2D eigenvalue weighted by Crippen LogP contribution is 2.43. The van der Waals surface area contributed by atoms with Gasteiger partial charge in [0.2, 0.25) is 6.79 Å². The SMILES string of the molecule is CC(C)CNc1cc(-c2cccc3c2OCO3)cc(-c2cc(Br)ccc2O)n1. The summed E-state index contributed by atoms with van der Waals surface area (Å²) in [5.74, 6) is 2.87. The van der Waals surface area contributed by atoms with E-state index in [0.717, 1.165) is 39.5 Å². The van der Waals surface area contributed by atoms with Crippen molar-refractivity contribution >= 4 is 21.7 Å². The Labute approximate surface area is 172 Å². The molecule has 0 spiro atoms. The highest BCUT2D eigenvalue weighted by molar-refractivity contribution is 9.10. The molecule has 0 radical (unpaired) electrons. The Bertz CT molecular complexity index is 1020. The first-order chi connectivity index (χ1) is 13.5. The number of nitrogens with zero attached hydrogens (tertiary/aromatic N) is 1. The van der Waals surface area contributed by atoms with Crippen molar-refractivity contribution in [2.24, 2.45) is 5.92 Å². The minimum Gasteiger partial charge on any atom is -0.507 e. The molecule has 2 heterocycles. The number of aromatic hydroxyl groups is 1. The normalized spacial score (nSPS) is 12.4. The van der Waals surface area contributed by atoms with Gasteiger partial charge in [0.25, 0.3) is 0 Å². The lowest BCUT2D eigenvalue weighted by atomic mass is 10.0. The number of para-hydroxylation sites is 1. The molecule has 4 rings (SSSR count). The van der Waals surface area contributed by atoms with Gasteiger partial charge in [-0.05, 0) is 47.9 Å². The molecule has 2 aromatic carbocycles. The molecule has 0 aliphatic carbocycles. The summed E-state index contributed by atoms with van der Waals surface area (Å²) in [5, 5.41) is 13.8. The molecule has 1 aromatic heterocycles. The van der Waals surface area contributed by atoms with Gasteiger partial charge in [0, 0.05) is 22.1 Å². The van der Waals surface area contributed by atoms with Gasteiger partial charge in [-0.2, -0.15) is 0 Å². The van der Waals surface area contributed by atoms with Gasteiger partial charge in [-0.1, -0.05) is 41.9 Å². The number of pyridine rings is 1. The van der Waals surface area contributed by atoms with E-state index in [1.54, 1.807) is 12.1 Å². The molecule has 0 amide bonds. The highest BCUT2D eigenvalue weighted by atomic mass is 79.9. The molecule has 1 aliphatic heterocycles. The zero-order valence-corrected chi connectivity index (χ0v) is 17.3. The third-order valence-electron chi connectivity index (χ3n) is 4.46. The summed E-state index contributed by atoms with van der Waals surface area (Å²) in [7, 11) is 0. The molecule has 0 fully saturated rings. The second kappa shape index (κ2) is 7.72. The van der Waals surface area contributed by atoms with E-state index in [1.807, 2.05) is 36.4 Å². The summed E-state index contributed by atoms with van der Waals surface area (Å²) in [6.07, 6.45) is 0. The molecular formula is C22H21BrN2O3. The van der Waals surface area contributed by atoms with Crippen molar-refractivity contribution in [2.75, 3.05) is 18.7 Å². The number of hydrogen-bond acceptors (Lipinski definition) is 5. The number of phenols is 1. The Morgan fingerprint density at radius 3 is 2.79 bits per heavy atom. The van der Waals surface area contributed by atoms with Gasteiger partial charge in [0.05, 0.1) is 5.69 Å². The van der Waals surface area contributed by atoms with E-state index in [-0.39, 0.29) is 12.5 Å². The number of benzene rings is 2. The predicted molar refractivity (Wildman–Crippen MR) is 114 cm³/mol. The minimum atomic E-state index is 0.181. The molecule has 144 valence electrons. The van der Waals surface area contributed by atoms with Crippen molar-refractivity contribution in [1.29, 1.82) is 0 Å². The average Bonchev–Trinajstić information content (AvgIpc) is 3.17. The molecule has 2 N–H and O–H groups in total. The van der Waals surface area contributed by atoms with Gasteiger partial charge >= 0.3 is 0 Å². The fraction of sp³-hybridized carbons (Fsp3) is 0.227. The maximum absolute atomic E-state index is 10.4. The average molecular weight is 441 g/mol. The van der Waals surface area contributed by atoms with Crippen LogP contribution in [0, 0.1) is 5.92 Å². The van der Waals surface area contributed by atoms with E-state index < -0.39 is 0 Å². The number of anilines is 1. The maximum atomic E-state index is 10.4. The summed E-state index contributed by atoms with van der Waals surface area (Å²) in [6.45, 7) is 5.31. The fourth-order valence-corrected chi connectivity index (χ4v) is 3.46. The number of ether oxygens (including phenoxy) is 2. The van der Waals surface area contributed by atoms with E-state index in [1.165, 1.54) is 0 Å². The van der Waals surface area contributed by atoms with Crippen LogP contribution in [0.3, 0.4) is 0 Å². The van der Waals surface area contributed by atoms with Gasteiger partial charge in [-0.25, -0.2) is 4.98 Å². The van der Waals surface area contributed by atoms with Crippen LogP contribution in [-0.4, -0.2) is 23.4 Å². The van der Waals surface area contributed by atoms with Gasteiger partial charge in [0.15, 0.2) is 11.5 Å². The molecule has 0 atom stereocenters. The molecule has 6 heteroatoms. The lowest BCUT2D eigenvalue weighted by Gasteiger charge is -2.14. The van der Waals surface area contributed by atoms with Crippen LogP contribution in [0.25, 0.3) is 22.4 Å². The number of aromatic nitrogens is 1. The summed E-state index contributed by atoms with van der Waals surface area (Å²) in [4.78, 5) is 4.73. The molecule has 28 heavy (non-hydrogen) atoms. The maximum Gasteiger partial charge on any atom is 0.231 e. The first-order valence-corrected chi connectivity index (χ1v) is 9.94. The van der Waals surface area contributed by atoms with E-state index in [9.17, 15) is 5.11 Å². The lowest BCUT2D eigenvalue weighted by molar-refractivity contribution is 0.174. The molecular weight excluding hydrogens is 420 g/mol. The zero-order chi connectivity index (χ0) is 19.7.